The molecule has 0 unspecified atom stereocenters. The molecule has 0 aromatic heterocycles. The van der Waals surface area contributed by atoms with Crippen molar-refractivity contribution in [1.82, 2.24) is 0 Å². The summed E-state index contributed by atoms with van der Waals surface area (Å²) in [5.74, 6) is 0.682. The van der Waals surface area contributed by atoms with Crippen molar-refractivity contribution in [2.75, 3.05) is 10.7 Å². The smallest absolute Gasteiger partial charge is 0.247 e. The van der Waals surface area contributed by atoms with Gasteiger partial charge in [-0.1, -0.05) is 24.6 Å². The van der Waals surface area contributed by atoms with Gasteiger partial charge in [0.1, 0.15) is 0 Å². The lowest BCUT2D eigenvalue weighted by atomic mass is 10.2. The predicted octanol–water partition coefficient (Wildman–Crippen LogP) is 2.38. The summed E-state index contributed by atoms with van der Waals surface area (Å²) in [7, 11) is 0. The van der Waals surface area contributed by atoms with Crippen LogP contribution in [0.5, 0.6) is 0 Å². The molecule has 1 aliphatic heterocycles. The Kier molecular flexibility index (Phi) is 3.52. The second kappa shape index (κ2) is 4.92. The highest BCUT2D eigenvalue weighted by Crippen LogP contribution is 2.29. The third kappa shape index (κ3) is 2.36. The summed E-state index contributed by atoms with van der Waals surface area (Å²) in [5, 5.41) is -0.200. The predicted molar refractivity (Wildman–Crippen MR) is 70.2 cm³/mol. The van der Waals surface area contributed by atoms with Crippen LogP contribution in [0.2, 0.25) is 0 Å². The van der Waals surface area contributed by atoms with Crippen LogP contribution in [-0.2, 0) is 9.59 Å². The molecule has 2 amide bonds. The molecule has 1 aromatic carbocycles. The Morgan fingerprint density at radius 1 is 1.29 bits per heavy atom. The SMILES string of the molecule is CCS[C@@H]1CC(=O)N(c2ccc(C)cc2)C1=O. The van der Waals surface area contributed by atoms with Crippen molar-refractivity contribution in [2.45, 2.75) is 25.5 Å². The monoisotopic (exact) mass is 249 g/mol. The number of anilines is 1. The van der Waals surface area contributed by atoms with E-state index in [9.17, 15) is 9.59 Å². The molecule has 1 heterocycles. The van der Waals surface area contributed by atoms with Gasteiger partial charge in [-0.05, 0) is 24.8 Å². The first kappa shape index (κ1) is 12.2. The maximum absolute atomic E-state index is 12.1. The third-order valence-electron chi connectivity index (χ3n) is 2.77. The molecule has 2 rings (SSSR count). The van der Waals surface area contributed by atoms with Gasteiger partial charge in [0, 0.05) is 6.42 Å². The minimum atomic E-state index is -0.200. The van der Waals surface area contributed by atoms with Crippen LogP contribution in [0.1, 0.15) is 18.9 Å². The van der Waals surface area contributed by atoms with Gasteiger partial charge >= 0.3 is 0 Å². The zero-order chi connectivity index (χ0) is 12.4. The minimum absolute atomic E-state index is 0.0781. The van der Waals surface area contributed by atoms with Crippen molar-refractivity contribution < 1.29 is 9.59 Å². The zero-order valence-electron chi connectivity index (χ0n) is 9.97. The number of amides is 2. The molecule has 1 atom stereocenters. The van der Waals surface area contributed by atoms with E-state index in [1.165, 1.54) is 4.90 Å². The van der Waals surface area contributed by atoms with Gasteiger partial charge in [-0.2, -0.15) is 0 Å². The van der Waals surface area contributed by atoms with Gasteiger partial charge in [0.25, 0.3) is 0 Å². The van der Waals surface area contributed by atoms with E-state index in [2.05, 4.69) is 0 Å². The number of aryl methyl sites for hydroxylation is 1. The van der Waals surface area contributed by atoms with Gasteiger partial charge < -0.3 is 0 Å². The Bertz CT molecular complexity index is 441. The van der Waals surface area contributed by atoms with Crippen LogP contribution < -0.4 is 4.90 Å². The highest BCUT2D eigenvalue weighted by molar-refractivity contribution is 8.00. The van der Waals surface area contributed by atoms with Crippen molar-refractivity contribution in [1.29, 1.82) is 0 Å². The van der Waals surface area contributed by atoms with E-state index in [0.29, 0.717) is 12.1 Å². The van der Waals surface area contributed by atoms with E-state index in [0.717, 1.165) is 11.3 Å². The first-order chi connectivity index (χ1) is 8.13. The summed E-state index contributed by atoms with van der Waals surface area (Å²) < 4.78 is 0. The summed E-state index contributed by atoms with van der Waals surface area (Å²) in [6, 6.07) is 7.47. The molecular formula is C13H15NO2S. The molecule has 1 fully saturated rings. The molecule has 90 valence electrons. The number of benzene rings is 1. The van der Waals surface area contributed by atoms with E-state index >= 15 is 0 Å². The quantitative estimate of drug-likeness (QED) is 0.772. The number of thioether (sulfide) groups is 1. The average Bonchev–Trinajstić information content (AvgIpc) is 2.57. The number of carbonyl (C=O) groups excluding carboxylic acids is 2. The summed E-state index contributed by atoms with van der Waals surface area (Å²) in [6.45, 7) is 3.98. The molecule has 1 aromatic rings. The Labute approximate surface area is 105 Å². The van der Waals surface area contributed by atoms with E-state index < -0.39 is 0 Å². The second-order valence-electron chi connectivity index (χ2n) is 4.05. The van der Waals surface area contributed by atoms with Crippen LogP contribution in [0, 0.1) is 6.92 Å². The van der Waals surface area contributed by atoms with Gasteiger partial charge in [0.2, 0.25) is 11.8 Å². The van der Waals surface area contributed by atoms with E-state index in [-0.39, 0.29) is 17.1 Å². The molecule has 0 saturated carbocycles. The maximum Gasteiger partial charge on any atom is 0.247 e. The standard InChI is InChI=1S/C13H15NO2S/c1-3-17-11-8-12(15)14(13(11)16)10-6-4-9(2)5-7-10/h4-7,11H,3,8H2,1-2H3/t11-/m1/s1. The lowest BCUT2D eigenvalue weighted by molar-refractivity contribution is -0.121. The normalized spacial score (nSPS) is 20.1. The van der Waals surface area contributed by atoms with Crippen molar-refractivity contribution in [3.8, 4) is 0 Å². The van der Waals surface area contributed by atoms with E-state index in [1.807, 2.05) is 38.1 Å². The van der Waals surface area contributed by atoms with Gasteiger partial charge in [-0.3, -0.25) is 9.59 Å². The summed E-state index contributed by atoms with van der Waals surface area (Å²) in [4.78, 5) is 25.2. The van der Waals surface area contributed by atoms with Gasteiger partial charge in [-0.15, -0.1) is 11.8 Å². The molecule has 0 spiro atoms. The molecule has 0 radical (unpaired) electrons. The van der Waals surface area contributed by atoms with Gasteiger partial charge in [0.05, 0.1) is 10.9 Å². The molecule has 17 heavy (non-hydrogen) atoms. The van der Waals surface area contributed by atoms with Crippen LogP contribution in [-0.4, -0.2) is 22.8 Å². The van der Waals surface area contributed by atoms with Crippen LogP contribution in [0.3, 0.4) is 0 Å². The zero-order valence-corrected chi connectivity index (χ0v) is 10.8. The molecule has 1 saturated heterocycles. The number of carbonyl (C=O) groups is 2. The number of rotatable bonds is 3. The molecule has 3 nitrogen and oxygen atoms in total. The van der Waals surface area contributed by atoms with E-state index in [1.54, 1.807) is 11.8 Å². The third-order valence-corrected chi connectivity index (χ3v) is 3.87. The number of hydrogen-bond acceptors (Lipinski definition) is 3. The summed E-state index contributed by atoms with van der Waals surface area (Å²) >= 11 is 1.54. The summed E-state index contributed by atoms with van der Waals surface area (Å²) in [6.07, 6.45) is 0.325. The molecule has 0 bridgehead atoms. The first-order valence-corrected chi connectivity index (χ1v) is 6.73. The van der Waals surface area contributed by atoms with Crippen molar-refractivity contribution in [3.05, 3.63) is 29.8 Å². The summed E-state index contributed by atoms with van der Waals surface area (Å²) in [5.41, 5.74) is 1.80. The van der Waals surface area contributed by atoms with E-state index in [4.69, 9.17) is 0 Å². The molecule has 4 heteroatoms. The Hall–Kier alpha value is -1.29. The topological polar surface area (TPSA) is 37.4 Å². The Morgan fingerprint density at radius 3 is 2.53 bits per heavy atom. The minimum Gasteiger partial charge on any atom is -0.274 e. The molecular weight excluding hydrogens is 234 g/mol. The van der Waals surface area contributed by atoms with Crippen LogP contribution in [0.25, 0.3) is 0 Å². The maximum atomic E-state index is 12.1. The Morgan fingerprint density at radius 2 is 1.94 bits per heavy atom. The second-order valence-corrected chi connectivity index (χ2v) is 5.53. The molecule has 0 N–H and O–H groups in total. The van der Waals surface area contributed by atoms with Crippen molar-refractivity contribution in [3.63, 3.8) is 0 Å². The molecule has 1 aliphatic rings. The van der Waals surface area contributed by atoms with Crippen LogP contribution in [0.4, 0.5) is 5.69 Å². The van der Waals surface area contributed by atoms with Crippen molar-refractivity contribution in [2.24, 2.45) is 0 Å². The average molecular weight is 249 g/mol. The first-order valence-electron chi connectivity index (χ1n) is 5.68. The number of imide groups is 1. The highest BCUT2D eigenvalue weighted by atomic mass is 32.2. The highest BCUT2D eigenvalue weighted by Gasteiger charge is 2.39. The lowest BCUT2D eigenvalue weighted by Gasteiger charge is -2.14. The largest absolute Gasteiger partial charge is 0.274 e. The lowest BCUT2D eigenvalue weighted by Crippen LogP contribution is -2.31. The van der Waals surface area contributed by atoms with Gasteiger partial charge in [-0.25, -0.2) is 4.90 Å². The molecule has 0 aliphatic carbocycles. The number of nitrogens with zero attached hydrogens (tertiary/aromatic N) is 1. The van der Waals surface area contributed by atoms with Gasteiger partial charge in [0.15, 0.2) is 0 Å². The fraction of sp³-hybridized carbons (Fsp3) is 0.385. The Balaban J connectivity index is 2.24. The number of hydrogen-bond donors (Lipinski definition) is 0. The fourth-order valence-corrected chi connectivity index (χ4v) is 2.81. The van der Waals surface area contributed by atoms with Crippen LogP contribution >= 0.6 is 11.8 Å². The van der Waals surface area contributed by atoms with Crippen molar-refractivity contribution >= 4 is 29.3 Å². The fourth-order valence-electron chi connectivity index (χ4n) is 1.90. The van der Waals surface area contributed by atoms with Crippen LogP contribution in [0.15, 0.2) is 24.3 Å².